The lowest BCUT2D eigenvalue weighted by molar-refractivity contribution is -0.144. The van der Waals surface area contributed by atoms with Crippen molar-refractivity contribution in [1.29, 1.82) is 0 Å². The highest BCUT2D eigenvalue weighted by Gasteiger charge is 2.39. The summed E-state index contributed by atoms with van der Waals surface area (Å²) in [6, 6.07) is 1.82. The Balaban J connectivity index is 2.19. The Morgan fingerprint density at radius 2 is 1.93 bits per heavy atom. The molecule has 27 heavy (non-hydrogen) atoms. The van der Waals surface area contributed by atoms with Crippen molar-refractivity contribution in [3.63, 3.8) is 0 Å². The number of nitrogens with zero attached hydrogens (tertiary/aromatic N) is 1. The quantitative estimate of drug-likeness (QED) is 0.692. The standard InChI is InChI=1S/C17H19F3N2O5/c1-9(23)22-8-11(24)7-14(22)15(25)21-13(16(26)27)6-10-4-2-3-5-12(10)17(18,19)20/h2-5,11,13-14,24H,6-8H2,1H3,(H,21,25)(H,26,27)/t11-,13+,14+/m1/s1. The number of hydrogen-bond acceptors (Lipinski definition) is 4. The lowest BCUT2D eigenvalue weighted by Crippen LogP contribution is -2.51. The van der Waals surface area contributed by atoms with Crippen molar-refractivity contribution in [3.05, 3.63) is 35.4 Å². The van der Waals surface area contributed by atoms with Gasteiger partial charge in [-0.1, -0.05) is 18.2 Å². The van der Waals surface area contributed by atoms with Crippen molar-refractivity contribution in [3.8, 4) is 0 Å². The largest absolute Gasteiger partial charge is 0.480 e. The molecular formula is C17H19F3N2O5. The average molecular weight is 388 g/mol. The SMILES string of the molecule is CC(=O)N1C[C@H](O)C[C@H]1C(=O)N[C@@H](Cc1ccccc1C(F)(F)F)C(=O)O. The van der Waals surface area contributed by atoms with E-state index < -0.39 is 54.1 Å². The number of halogens is 3. The van der Waals surface area contributed by atoms with Crippen molar-refractivity contribution in [1.82, 2.24) is 10.2 Å². The van der Waals surface area contributed by atoms with E-state index in [2.05, 4.69) is 5.32 Å². The van der Waals surface area contributed by atoms with E-state index in [9.17, 15) is 37.8 Å². The van der Waals surface area contributed by atoms with Crippen LogP contribution in [0.15, 0.2) is 24.3 Å². The summed E-state index contributed by atoms with van der Waals surface area (Å²) in [4.78, 5) is 36.5. The molecule has 0 bridgehead atoms. The molecule has 1 aliphatic heterocycles. The molecule has 1 saturated heterocycles. The zero-order valence-electron chi connectivity index (χ0n) is 14.4. The highest BCUT2D eigenvalue weighted by molar-refractivity contribution is 5.90. The van der Waals surface area contributed by atoms with Crippen LogP contribution in [0, 0.1) is 0 Å². The maximum absolute atomic E-state index is 13.1. The molecule has 1 aromatic rings. The van der Waals surface area contributed by atoms with Gasteiger partial charge in [0, 0.05) is 26.3 Å². The van der Waals surface area contributed by atoms with E-state index in [0.717, 1.165) is 17.0 Å². The molecule has 1 fully saturated rings. The van der Waals surface area contributed by atoms with E-state index in [1.54, 1.807) is 0 Å². The number of β-amino-alcohol motifs (C(OH)–C–C–N with tert-alkyl or cyclic N) is 1. The number of amides is 2. The van der Waals surface area contributed by atoms with Crippen LogP contribution in [0.25, 0.3) is 0 Å². The summed E-state index contributed by atoms with van der Waals surface area (Å²) >= 11 is 0. The minimum Gasteiger partial charge on any atom is -0.480 e. The van der Waals surface area contributed by atoms with E-state index in [0.29, 0.717) is 0 Å². The topological polar surface area (TPSA) is 107 Å². The first-order valence-corrected chi connectivity index (χ1v) is 8.14. The van der Waals surface area contributed by atoms with Crippen LogP contribution >= 0.6 is 0 Å². The van der Waals surface area contributed by atoms with Gasteiger partial charge in [-0.25, -0.2) is 4.79 Å². The van der Waals surface area contributed by atoms with Gasteiger partial charge in [0.1, 0.15) is 12.1 Å². The monoisotopic (exact) mass is 388 g/mol. The molecule has 1 aliphatic rings. The summed E-state index contributed by atoms with van der Waals surface area (Å²) in [5.41, 5.74) is -1.25. The van der Waals surface area contributed by atoms with E-state index >= 15 is 0 Å². The molecule has 0 spiro atoms. The molecule has 0 aliphatic carbocycles. The van der Waals surface area contributed by atoms with Crippen molar-refractivity contribution < 1.29 is 37.8 Å². The second kappa shape index (κ2) is 7.95. The van der Waals surface area contributed by atoms with Crippen LogP contribution in [0.2, 0.25) is 0 Å². The van der Waals surface area contributed by atoms with Crippen LogP contribution in [0.3, 0.4) is 0 Å². The summed E-state index contributed by atoms with van der Waals surface area (Å²) in [6.45, 7) is 1.13. The molecule has 10 heteroatoms. The second-order valence-electron chi connectivity index (χ2n) is 6.34. The van der Waals surface area contributed by atoms with Crippen molar-refractivity contribution in [2.24, 2.45) is 0 Å². The number of likely N-dealkylation sites (tertiary alicyclic amines) is 1. The normalized spacial score (nSPS) is 21.0. The van der Waals surface area contributed by atoms with E-state index in [1.807, 2.05) is 0 Å². The summed E-state index contributed by atoms with van der Waals surface area (Å²) in [7, 11) is 0. The molecule has 3 N–H and O–H groups in total. The summed E-state index contributed by atoms with van der Waals surface area (Å²) in [6.07, 6.45) is -6.24. The van der Waals surface area contributed by atoms with Crippen molar-refractivity contribution in [2.75, 3.05) is 6.54 Å². The molecule has 2 amide bonds. The zero-order chi connectivity index (χ0) is 20.4. The second-order valence-corrected chi connectivity index (χ2v) is 6.34. The fraction of sp³-hybridized carbons (Fsp3) is 0.471. The lowest BCUT2D eigenvalue weighted by Gasteiger charge is -2.24. The number of aliphatic carboxylic acids is 1. The van der Waals surface area contributed by atoms with Gasteiger partial charge in [-0.3, -0.25) is 9.59 Å². The first-order valence-electron chi connectivity index (χ1n) is 8.14. The van der Waals surface area contributed by atoms with Crippen molar-refractivity contribution >= 4 is 17.8 Å². The number of aliphatic hydroxyl groups is 1. The fourth-order valence-corrected chi connectivity index (χ4v) is 3.07. The zero-order valence-corrected chi connectivity index (χ0v) is 14.4. The molecule has 2 rings (SSSR count). The van der Waals surface area contributed by atoms with Crippen LogP contribution in [0.1, 0.15) is 24.5 Å². The van der Waals surface area contributed by atoms with Gasteiger partial charge >= 0.3 is 12.1 Å². The summed E-state index contributed by atoms with van der Waals surface area (Å²) in [5, 5.41) is 21.2. The van der Waals surface area contributed by atoms with Crippen molar-refractivity contribution in [2.45, 2.75) is 44.1 Å². The molecular weight excluding hydrogens is 369 g/mol. The number of carbonyl (C=O) groups excluding carboxylic acids is 2. The third-order valence-corrected chi connectivity index (χ3v) is 4.35. The number of alkyl halides is 3. The van der Waals surface area contributed by atoms with Gasteiger partial charge < -0.3 is 20.4 Å². The molecule has 1 heterocycles. The van der Waals surface area contributed by atoms with Gasteiger partial charge in [0.2, 0.25) is 11.8 Å². The van der Waals surface area contributed by atoms with E-state index in [4.69, 9.17) is 0 Å². The van der Waals surface area contributed by atoms with Gasteiger partial charge in [-0.2, -0.15) is 13.2 Å². The third-order valence-electron chi connectivity index (χ3n) is 4.35. The predicted molar refractivity (Wildman–Crippen MR) is 86.5 cm³/mol. The Morgan fingerprint density at radius 3 is 2.48 bits per heavy atom. The minimum atomic E-state index is -4.66. The Morgan fingerprint density at radius 1 is 1.30 bits per heavy atom. The lowest BCUT2D eigenvalue weighted by atomic mass is 9.99. The van der Waals surface area contributed by atoms with Crippen LogP contribution in [0.5, 0.6) is 0 Å². The molecule has 0 aromatic heterocycles. The number of carboxylic acids is 1. The molecule has 148 valence electrons. The number of hydrogen-bond donors (Lipinski definition) is 3. The molecule has 3 atom stereocenters. The maximum atomic E-state index is 13.1. The number of carbonyl (C=O) groups is 3. The van der Waals surface area contributed by atoms with Gasteiger partial charge in [0.25, 0.3) is 0 Å². The molecule has 7 nitrogen and oxygen atoms in total. The summed E-state index contributed by atoms with van der Waals surface area (Å²) < 4.78 is 39.3. The third kappa shape index (κ3) is 4.97. The Labute approximate surface area is 152 Å². The van der Waals surface area contributed by atoms with Gasteiger partial charge in [0.15, 0.2) is 0 Å². The fourth-order valence-electron chi connectivity index (χ4n) is 3.07. The predicted octanol–water partition coefficient (Wildman–Crippen LogP) is 0.799. The smallest absolute Gasteiger partial charge is 0.416 e. The number of aliphatic hydroxyl groups excluding tert-OH is 1. The highest BCUT2D eigenvalue weighted by atomic mass is 19.4. The number of carboxylic acid groups (broad SMARTS) is 1. The van der Waals surface area contributed by atoms with Crippen LogP contribution in [-0.4, -0.2) is 57.6 Å². The summed E-state index contributed by atoms with van der Waals surface area (Å²) in [5.74, 6) is -2.81. The first-order chi connectivity index (χ1) is 12.5. The Bertz CT molecular complexity index is 738. The molecule has 1 aromatic carbocycles. The average Bonchev–Trinajstić information content (AvgIpc) is 2.96. The number of benzene rings is 1. The van der Waals surface area contributed by atoms with Gasteiger partial charge in [-0.05, 0) is 11.6 Å². The van der Waals surface area contributed by atoms with Crippen LogP contribution in [-0.2, 0) is 27.0 Å². The Hall–Kier alpha value is -2.62. The van der Waals surface area contributed by atoms with E-state index in [1.165, 1.54) is 19.1 Å². The van der Waals surface area contributed by atoms with E-state index in [-0.39, 0.29) is 18.5 Å². The van der Waals surface area contributed by atoms with Gasteiger partial charge in [-0.15, -0.1) is 0 Å². The molecule has 0 unspecified atom stereocenters. The molecule has 0 radical (unpaired) electrons. The van der Waals surface area contributed by atoms with Gasteiger partial charge in [0.05, 0.1) is 11.7 Å². The van der Waals surface area contributed by atoms with Crippen LogP contribution in [0.4, 0.5) is 13.2 Å². The number of nitrogens with one attached hydrogen (secondary N) is 1. The van der Waals surface area contributed by atoms with Crippen LogP contribution < -0.4 is 5.32 Å². The Kier molecular flexibility index (Phi) is 6.09. The highest BCUT2D eigenvalue weighted by Crippen LogP contribution is 2.32. The maximum Gasteiger partial charge on any atom is 0.416 e. The first kappa shape index (κ1) is 20.7. The number of rotatable bonds is 5. The molecule has 0 saturated carbocycles. The minimum absolute atomic E-state index is 0.0674.